The van der Waals surface area contributed by atoms with Crippen LogP contribution >= 0.6 is 0 Å². The highest BCUT2D eigenvalue weighted by atomic mass is 16.5. The fourth-order valence-electron chi connectivity index (χ4n) is 4.38. The van der Waals surface area contributed by atoms with Crippen molar-refractivity contribution in [1.82, 2.24) is 4.90 Å². The largest absolute Gasteiger partial charge is 0.468 e. The minimum atomic E-state index is -1.35. The number of carbonyl (C=O) groups is 2. The number of methoxy groups -OCH3 is 2. The van der Waals surface area contributed by atoms with Gasteiger partial charge in [-0.25, -0.2) is 0 Å². The van der Waals surface area contributed by atoms with Crippen LogP contribution in [0.1, 0.15) is 36.8 Å². The number of likely N-dealkylation sites (tertiary alicyclic amines) is 1. The number of ether oxygens (including phenoxy) is 2. The number of carbonyl (C=O) groups excluding carboxylic acids is 2. The molecule has 0 bridgehead atoms. The minimum absolute atomic E-state index is 0.252. The quantitative estimate of drug-likeness (QED) is 0.576. The lowest BCUT2D eigenvalue weighted by Crippen LogP contribution is -2.45. The highest BCUT2D eigenvalue weighted by molar-refractivity contribution is 6.03. The molecule has 0 atom stereocenters. The molecule has 1 heterocycles. The number of nitrogens with zero attached hydrogens (tertiary/aromatic N) is 1. The van der Waals surface area contributed by atoms with Gasteiger partial charge in [-0.2, -0.15) is 0 Å². The van der Waals surface area contributed by atoms with Gasteiger partial charge < -0.3 is 9.47 Å². The van der Waals surface area contributed by atoms with Crippen molar-refractivity contribution in [3.63, 3.8) is 0 Å². The third-order valence-corrected chi connectivity index (χ3v) is 5.75. The molecular weight excluding hydrogens is 354 g/mol. The first kappa shape index (κ1) is 20.3. The maximum atomic E-state index is 12.7. The molecule has 3 rings (SSSR count). The summed E-state index contributed by atoms with van der Waals surface area (Å²) < 4.78 is 10.0. The summed E-state index contributed by atoms with van der Waals surface area (Å²) in [6, 6.07) is 7.89. The average Bonchev–Trinajstić information content (AvgIpc) is 2.72. The van der Waals surface area contributed by atoms with Crippen molar-refractivity contribution >= 4 is 17.5 Å². The molecule has 1 fully saturated rings. The average molecular weight is 383 g/mol. The zero-order valence-electron chi connectivity index (χ0n) is 16.8. The van der Waals surface area contributed by atoms with Gasteiger partial charge in [-0.15, -0.1) is 0 Å². The van der Waals surface area contributed by atoms with Crippen LogP contribution in [-0.2, 0) is 25.5 Å². The summed E-state index contributed by atoms with van der Waals surface area (Å²) in [4.78, 5) is 27.7. The summed E-state index contributed by atoms with van der Waals surface area (Å²) in [5.74, 6) is -1.11. The van der Waals surface area contributed by atoms with Crippen molar-refractivity contribution in [2.24, 2.45) is 5.41 Å². The highest BCUT2D eigenvalue weighted by Gasteiger charge is 2.51. The summed E-state index contributed by atoms with van der Waals surface area (Å²) in [7, 11) is 2.62. The van der Waals surface area contributed by atoms with Crippen LogP contribution in [0.25, 0.3) is 5.57 Å². The topological polar surface area (TPSA) is 55.8 Å². The summed E-state index contributed by atoms with van der Waals surface area (Å²) in [6.07, 6.45) is 6.30. The molecule has 0 aromatic heterocycles. The molecule has 0 amide bonds. The first-order valence-corrected chi connectivity index (χ1v) is 9.86. The van der Waals surface area contributed by atoms with Gasteiger partial charge in [0.25, 0.3) is 0 Å². The van der Waals surface area contributed by atoms with Crippen LogP contribution in [-0.4, -0.2) is 50.7 Å². The normalized spacial score (nSPS) is 20.3. The van der Waals surface area contributed by atoms with Crippen LogP contribution in [0.3, 0.4) is 0 Å². The molecule has 1 saturated heterocycles. The molecule has 0 radical (unpaired) electrons. The van der Waals surface area contributed by atoms with Crippen LogP contribution in [0.4, 0.5) is 0 Å². The van der Waals surface area contributed by atoms with Crippen LogP contribution in [0.2, 0.25) is 0 Å². The van der Waals surface area contributed by atoms with E-state index in [4.69, 9.17) is 9.47 Å². The molecule has 150 valence electrons. The highest BCUT2D eigenvalue weighted by Crippen LogP contribution is 2.44. The monoisotopic (exact) mass is 383 g/mol. The second-order valence-electron chi connectivity index (χ2n) is 7.74. The Kier molecular flexibility index (Phi) is 6.35. The fraction of sp³-hybridized carbons (Fsp3) is 0.478. The van der Waals surface area contributed by atoms with Crippen LogP contribution in [0, 0.1) is 5.41 Å². The molecule has 5 heteroatoms. The van der Waals surface area contributed by atoms with E-state index in [1.165, 1.54) is 33.5 Å². The summed E-state index contributed by atoms with van der Waals surface area (Å²) in [6.45, 7) is 7.22. The van der Waals surface area contributed by atoms with E-state index in [0.29, 0.717) is 0 Å². The van der Waals surface area contributed by atoms with Crippen LogP contribution < -0.4 is 0 Å². The lowest BCUT2D eigenvalue weighted by molar-refractivity contribution is -0.169. The van der Waals surface area contributed by atoms with Gasteiger partial charge in [0.1, 0.15) is 0 Å². The molecule has 1 aromatic rings. The number of benzene rings is 1. The molecule has 0 unspecified atom stereocenters. The lowest BCUT2D eigenvalue weighted by Gasteiger charge is -2.35. The Morgan fingerprint density at radius 2 is 1.71 bits per heavy atom. The number of esters is 2. The summed E-state index contributed by atoms with van der Waals surface area (Å²) in [5.41, 5.74) is 2.57. The molecule has 28 heavy (non-hydrogen) atoms. The fourth-order valence-corrected chi connectivity index (χ4v) is 4.38. The van der Waals surface area contributed by atoms with Gasteiger partial charge >= 0.3 is 11.9 Å². The van der Waals surface area contributed by atoms with Crippen molar-refractivity contribution in [1.29, 1.82) is 0 Å². The molecular formula is C23H29NO4. The second-order valence-corrected chi connectivity index (χ2v) is 7.74. The molecule has 2 aliphatic rings. The van der Waals surface area contributed by atoms with Crippen molar-refractivity contribution < 1.29 is 19.1 Å². The van der Waals surface area contributed by atoms with E-state index in [1.807, 2.05) is 30.3 Å². The van der Waals surface area contributed by atoms with Crippen LogP contribution in [0.15, 0.2) is 42.5 Å². The van der Waals surface area contributed by atoms with Gasteiger partial charge in [0.2, 0.25) is 0 Å². The Morgan fingerprint density at radius 3 is 2.36 bits per heavy atom. The lowest BCUT2D eigenvalue weighted by atomic mass is 9.69. The molecule has 1 aliphatic heterocycles. The molecule has 0 saturated carbocycles. The van der Waals surface area contributed by atoms with Crippen LogP contribution in [0.5, 0.6) is 0 Å². The third-order valence-electron chi connectivity index (χ3n) is 5.75. The molecule has 0 N–H and O–H groups in total. The first-order valence-electron chi connectivity index (χ1n) is 9.86. The van der Waals surface area contributed by atoms with Gasteiger partial charge in [-0.05, 0) is 48.2 Å². The van der Waals surface area contributed by atoms with Crippen molar-refractivity contribution in [2.75, 3.05) is 33.9 Å². The number of fused-ring (bicyclic) bond motifs is 1. The molecule has 1 aliphatic carbocycles. The molecule has 1 aromatic carbocycles. The van der Waals surface area contributed by atoms with E-state index in [-0.39, 0.29) is 12.8 Å². The van der Waals surface area contributed by atoms with Gasteiger partial charge in [-0.1, -0.05) is 43.3 Å². The van der Waals surface area contributed by atoms with E-state index in [2.05, 4.69) is 11.5 Å². The van der Waals surface area contributed by atoms with Gasteiger partial charge in [0, 0.05) is 19.4 Å². The first-order chi connectivity index (χ1) is 13.5. The number of piperidine rings is 1. The molecule has 5 nitrogen and oxygen atoms in total. The Morgan fingerprint density at radius 1 is 1.07 bits per heavy atom. The SMILES string of the molecule is C=C(/C=C1/CC(C(=O)OC)(C(=O)OC)Cc2ccccc21)CN1CCCCC1. The third kappa shape index (κ3) is 4.04. The van der Waals surface area contributed by atoms with Crippen molar-refractivity contribution in [3.05, 3.63) is 53.6 Å². The summed E-state index contributed by atoms with van der Waals surface area (Å²) in [5, 5.41) is 0. The van der Waals surface area contributed by atoms with Gasteiger partial charge in [0.05, 0.1) is 14.2 Å². The predicted octanol–water partition coefficient (Wildman–Crippen LogP) is 3.39. The van der Waals surface area contributed by atoms with Gasteiger partial charge in [-0.3, -0.25) is 14.5 Å². The predicted molar refractivity (Wildman–Crippen MR) is 109 cm³/mol. The Hall–Kier alpha value is -2.40. The number of hydrogen-bond acceptors (Lipinski definition) is 5. The standard InChI is InChI=1S/C23H29NO4/c1-17(16-24-11-7-4-8-12-24)13-19-15-23(21(25)27-2,22(26)28-3)14-18-9-5-6-10-20(18)19/h5-6,9-10,13H,1,4,7-8,11-12,14-16H2,2-3H3/b19-13-. The van der Waals surface area contributed by atoms with E-state index >= 15 is 0 Å². The van der Waals surface area contributed by atoms with Gasteiger partial charge in [0.15, 0.2) is 5.41 Å². The zero-order chi connectivity index (χ0) is 20.1. The number of rotatable bonds is 5. The summed E-state index contributed by atoms with van der Waals surface area (Å²) >= 11 is 0. The Labute approximate surface area is 167 Å². The smallest absolute Gasteiger partial charge is 0.323 e. The number of hydrogen-bond donors (Lipinski definition) is 0. The van der Waals surface area contributed by atoms with Crippen molar-refractivity contribution in [2.45, 2.75) is 32.1 Å². The van der Waals surface area contributed by atoms with E-state index in [0.717, 1.165) is 41.9 Å². The maximum Gasteiger partial charge on any atom is 0.323 e. The zero-order valence-corrected chi connectivity index (χ0v) is 16.8. The van der Waals surface area contributed by atoms with E-state index in [1.54, 1.807) is 0 Å². The second kappa shape index (κ2) is 8.74. The molecule has 0 spiro atoms. The maximum absolute atomic E-state index is 12.7. The Bertz CT molecular complexity index is 774. The van der Waals surface area contributed by atoms with E-state index < -0.39 is 17.4 Å². The minimum Gasteiger partial charge on any atom is -0.468 e. The Balaban J connectivity index is 1.95. The van der Waals surface area contributed by atoms with Crippen molar-refractivity contribution in [3.8, 4) is 0 Å². The number of allylic oxidation sites excluding steroid dienone is 1. The van der Waals surface area contributed by atoms with E-state index in [9.17, 15) is 9.59 Å².